The largest absolute Gasteiger partial charge is 0.317 e. The summed E-state index contributed by atoms with van der Waals surface area (Å²) < 4.78 is 0. The molecule has 2 aliphatic carbocycles. The molecule has 0 aromatic heterocycles. The van der Waals surface area contributed by atoms with Gasteiger partial charge in [-0.25, -0.2) is 0 Å². The first-order valence-electron chi connectivity index (χ1n) is 8.88. The highest BCUT2D eigenvalue weighted by atomic mass is 15.2. The van der Waals surface area contributed by atoms with Gasteiger partial charge in [0.15, 0.2) is 0 Å². The number of hydrogen-bond acceptors (Lipinski definition) is 2. The van der Waals surface area contributed by atoms with Crippen molar-refractivity contribution >= 4 is 0 Å². The van der Waals surface area contributed by atoms with Gasteiger partial charge in [0, 0.05) is 12.1 Å². The minimum absolute atomic E-state index is 0.915. The number of rotatable bonds is 7. The van der Waals surface area contributed by atoms with Crippen LogP contribution in [0, 0.1) is 0 Å². The molecule has 2 fully saturated rings. The van der Waals surface area contributed by atoms with E-state index < -0.39 is 0 Å². The van der Waals surface area contributed by atoms with Gasteiger partial charge in [-0.15, -0.1) is 0 Å². The molecule has 0 radical (unpaired) electrons. The highest BCUT2D eigenvalue weighted by Gasteiger charge is 2.28. The van der Waals surface area contributed by atoms with Gasteiger partial charge in [0.2, 0.25) is 0 Å². The third kappa shape index (κ3) is 5.07. The molecule has 0 saturated heterocycles. The molecule has 0 aromatic rings. The third-order valence-electron chi connectivity index (χ3n) is 5.11. The Morgan fingerprint density at radius 1 is 0.842 bits per heavy atom. The molecule has 2 aliphatic rings. The normalized spacial score (nSPS) is 23.1. The summed E-state index contributed by atoms with van der Waals surface area (Å²) in [5, 5.41) is 3.48. The minimum atomic E-state index is 0.915. The van der Waals surface area contributed by atoms with Crippen molar-refractivity contribution in [3.05, 3.63) is 0 Å². The zero-order chi connectivity index (χ0) is 13.3. The smallest absolute Gasteiger partial charge is 0.00982 e. The van der Waals surface area contributed by atoms with E-state index in [-0.39, 0.29) is 0 Å². The van der Waals surface area contributed by atoms with Crippen LogP contribution in [0.2, 0.25) is 0 Å². The lowest BCUT2D eigenvalue weighted by Gasteiger charge is -2.41. The first-order valence-corrected chi connectivity index (χ1v) is 8.88. The molecule has 2 nitrogen and oxygen atoms in total. The van der Waals surface area contributed by atoms with Gasteiger partial charge >= 0.3 is 0 Å². The third-order valence-corrected chi connectivity index (χ3v) is 5.11. The lowest BCUT2D eigenvalue weighted by molar-refractivity contribution is 0.0797. The Morgan fingerprint density at radius 3 is 1.84 bits per heavy atom. The second-order valence-corrected chi connectivity index (χ2v) is 6.53. The summed E-state index contributed by atoms with van der Waals surface area (Å²) in [6.07, 6.45) is 16.1. The first-order chi connectivity index (χ1) is 9.42. The molecule has 2 heteroatoms. The molecule has 0 amide bonds. The molecule has 0 spiro atoms. The van der Waals surface area contributed by atoms with Crippen molar-refractivity contribution in [3.8, 4) is 0 Å². The predicted molar refractivity (Wildman–Crippen MR) is 83.6 cm³/mol. The predicted octanol–water partition coefficient (Wildman–Crippen LogP) is 3.95. The van der Waals surface area contributed by atoms with Crippen LogP contribution >= 0.6 is 0 Å². The summed E-state index contributed by atoms with van der Waals surface area (Å²) in [7, 11) is 0. The maximum atomic E-state index is 3.48. The SMILES string of the molecule is CCNCCCN(C1CCCCC1)C1CCCCC1. The molecular weight excluding hydrogens is 232 g/mol. The van der Waals surface area contributed by atoms with E-state index in [1.807, 2.05) is 0 Å². The van der Waals surface area contributed by atoms with Crippen molar-refractivity contribution < 1.29 is 0 Å². The van der Waals surface area contributed by atoms with E-state index in [1.54, 1.807) is 0 Å². The molecule has 19 heavy (non-hydrogen) atoms. The Balaban J connectivity index is 1.83. The Morgan fingerprint density at radius 2 is 1.37 bits per heavy atom. The van der Waals surface area contributed by atoms with Crippen LogP contribution in [0.4, 0.5) is 0 Å². The maximum Gasteiger partial charge on any atom is 0.00982 e. The zero-order valence-electron chi connectivity index (χ0n) is 13.0. The molecule has 112 valence electrons. The lowest BCUT2D eigenvalue weighted by atomic mass is 9.88. The van der Waals surface area contributed by atoms with E-state index in [2.05, 4.69) is 17.1 Å². The van der Waals surface area contributed by atoms with Crippen LogP contribution in [-0.2, 0) is 0 Å². The summed E-state index contributed by atoms with van der Waals surface area (Å²) in [6.45, 7) is 5.86. The summed E-state index contributed by atoms with van der Waals surface area (Å²) in [5.41, 5.74) is 0. The van der Waals surface area contributed by atoms with Crippen LogP contribution in [0.1, 0.15) is 77.6 Å². The Hall–Kier alpha value is -0.0800. The Labute approximate surface area is 120 Å². The van der Waals surface area contributed by atoms with Crippen molar-refractivity contribution in [2.75, 3.05) is 19.6 Å². The van der Waals surface area contributed by atoms with Crippen LogP contribution in [0.5, 0.6) is 0 Å². The Kier molecular flexibility index (Phi) is 7.23. The summed E-state index contributed by atoms with van der Waals surface area (Å²) in [5.74, 6) is 0. The second kappa shape index (κ2) is 8.97. The summed E-state index contributed by atoms with van der Waals surface area (Å²) in [4.78, 5) is 2.93. The van der Waals surface area contributed by atoms with E-state index >= 15 is 0 Å². The fraction of sp³-hybridized carbons (Fsp3) is 1.00. The van der Waals surface area contributed by atoms with Gasteiger partial charge in [-0.05, 0) is 51.7 Å². The highest BCUT2D eigenvalue weighted by molar-refractivity contribution is 4.83. The first kappa shape index (κ1) is 15.3. The van der Waals surface area contributed by atoms with Gasteiger partial charge in [0.25, 0.3) is 0 Å². The van der Waals surface area contributed by atoms with Gasteiger partial charge < -0.3 is 5.32 Å². The van der Waals surface area contributed by atoms with E-state index in [0.29, 0.717) is 0 Å². The van der Waals surface area contributed by atoms with Crippen LogP contribution in [0.25, 0.3) is 0 Å². The zero-order valence-corrected chi connectivity index (χ0v) is 13.0. The van der Waals surface area contributed by atoms with Gasteiger partial charge in [-0.1, -0.05) is 45.4 Å². The van der Waals surface area contributed by atoms with Crippen molar-refractivity contribution in [2.45, 2.75) is 89.6 Å². The topological polar surface area (TPSA) is 15.3 Å². The molecule has 0 aliphatic heterocycles. The average Bonchev–Trinajstić information content (AvgIpc) is 2.49. The molecule has 0 bridgehead atoms. The quantitative estimate of drug-likeness (QED) is 0.702. The molecule has 1 N–H and O–H groups in total. The molecular formula is C17H34N2. The molecule has 0 heterocycles. The van der Waals surface area contributed by atoms with Crippen molar-refractivity contribution in [3.63, 3.8) is 0 Å². The molecule has 2 saturated carbocycles. The molecule has 0 atom stereocenters. The fourth-order valence-corrected chi connectivity index (χ4v) is 4.05. The van der Waals surface area contributed by atoms with Crippen LogP contribution in [-0.4, -0.2) is 36.6 Å². The Bertz CT molecular complexity index is 199. The molecule has 0 unspecified atom stereocenters. The summed E-state index contributed by atoms with van der Waals surface area (Å²) in [6, 6.07) is 1.83. The lowest BCUT2D eigenvalue weighted by Crippen LogP contribution is -2.46. The van der Waals surface area contributed by atoms with E-state index in [4.69, 9.17) is 0 Å². The van der Waals surface area contributed by atoms with Crippen molar-refractivity contribution in [1.29, 1.82) is 0 Å². The number of nitrogens with zero attached hydrogens (tertiary/aromatic N) is 1. The standard InChI is InChI=1S/C17H34N2/c1-2-18-14-9-15-19(16-10-5-3-6-11-16)17-12-7-4-8-13-17/h16-18H,2-15H2,1H3. The fourth-order valence-electron chi connectivity index (χ4n) is 4.05. The van der Waals surface area contributed by atoms with E-state index in [1.165, 1.54) is 83.7 Å². The van der Waals surface area contributed by atoms with Gasteiger partial charge in [0.05, 0.1) is 0 Å². The molecule has 2 rings (SSSR count). The van der Waals surface area contributed by atoms with E-state index in [0.717, 1.165) is 18.6 Å². The maximum absolute atomic E-state index is 3.48. The van der Waals surface area contributed by atoms with Gasteiger partial charge in [-0.2, -0.15) is 0 Å². The van der Waals surface area contributed by atoms with Crippen LogP contribution in [0.3, 0.4) is 0 Å². The highest BCUT2D eigenvalue weighted by Crippen LogP contribution is 2.30. The van der Waals surface area contributed by atoms with Crippen molar-refractivity contribution in [2.24, 2.45) is 0 Å². The number of hydrogen-bond donors (Lipinski definition) is 1. The van der Waals surface area contributed by atoms with Crippen molar-refractivity contribution in [1.82, 2.24) is 10.2 Å². The second-order valence-electron chi connectivity index (χ2n) is 6.53. The van der Waals surface area contributed by atoms with Crippen LogP contribution in [0.15, 0.2) is 0 Å². The number of nitrogens with one attached hydrogen (secondary N) is 1. The summed E-state index contributed by atoms with van der Waals surface area (Å²) >= 11 is 0. The van der Waals surface area contributed by atoms with Crippen LogP contribution < -0.4 is 5.32 Å². The van der Waals surface area contributed by atoms with Gasteiger partial charge in [-0.3, -0.25) is 4.90 Å². The molecule has 0 aromatic carbocycles. The average molecular weight is 266 g/mol. The minimum Gasteiger partial charge on any atom is -0.317 e. The van der Waals surface area contributed by atoms with E-state index in [9.17, 15) is 0 Å². The van der Waals surface area contributed by atoms with Gasteiger partial charge in [0.1, 0.15) is 0 Å². The monoisotopic (exact) mass is 266 g/mol.